The van der Waals surface area contributed by atoms with Crippen LogP contribution in [-0.2, 0) is 0 Å². The molecule has 1 rings (SSSR count). The Labute approximate surface area is 78.1 Å². The highest BCUT2D eigenvalue weighted by molar-refractivity contribution is 4.82. The maximum absolute atomic E-state index is 12.2. The monoisotopic (exact) mass is 192 g/mol. The molecule has 4 heteroatoms. The lowest BCUT2D eigenvalue weighted by molar-refractivity contribution is 0.0915. The van der Waals surface area contributed by atoms with Gasteiger partial charge < -0.3 is 10.6 Å². The number of rotatable bonds is 3. The average Bonchev–Trinajstić information content (AvgIpc) is 2.08. The second kappa shape index (κ2) is 4.86. The van der Waals surface area contributed by atoms with Gasteiger partial charge in [0, 0.05) is 6.04 Å². The van der Waals surface area contributed by atoms with E-state index in [1.165, 1.54) is 0 Å². The Morgan fingerprint density at radius 3 is 2.69 bits per heavy atom. The SMILES string of the molecule is CC1CNCCC1NC(C)C(F)F. The summed E-state index contributed by atoms with van der Waals surface area (Å²) in [5.41, 5.74) is 0. The fourth-order valence-corrected chi connectivity index (χ4v) is 1.67. The van der Waals surface area contributed by atoms with Gasteiger partial charge >= 0.3 is 0 Å². The van der Waals surface area contributed by atoms with Gasteiger partial charge in [-0.05, 0) is 32.4 Å². The maximum atomic E-state index is 12.2. The Hall–Kier alpha value is -0.220. The van der Waals surface area contributed by atoms with Crippen molar-refractivity contribution in [1.29, 1.82) is 0 Å². The summed E-state index contributed by atoms with van der Waals surface area (Å²) < 4.78 is 24.5. The van der Waals surface area contributed by atoms with Crippen LogP contribution in [0, 0.1) is 5.92 Å². The van der Waals surface area contributed by atoms with Crippen molar-refractivity contribution in [3.05, 3.63) is 0 Å². The summed E-state index contributed by atoms with van der Waals surface area (Å²) in [6, 6.07) is -0.448. The van der Waals surface area contributed by atoms with E-state index >= 15 is 0 Å². The van der Waals surface area contributed by atoms with Gasteiger partial charge in [-0.25, -0.2) is 8.78 Å². The molecular formula is C9H18F2N2. The maximum Gasteiger partial charge on any atom is 0.253 e. The predicted octanol–water partition coefficient (Wildman–Crippen LogP) is 1.23. The summed E-state index contributed by atoms with van der Waals surface area (Å²) in [6.07, 6.45) is -1.32. The van der Waals surface area contributed by atoms with E-state index in [9.17, 15) is 8.78 Å². The summed E-state index contributed by atoms with van der Waals surface area (Å²) >= 11 is 0. The van der Waals surface area contributed by atoms with E-state index in [0.717, 1.165) is 19.5 Å². The van der Waals surface area contributed by atoms with Crippen LogP contribution in [0.1, 0.15) is 20.3 Å². The third-order valence-electron chi connectivity index (χ3n) is 2.64. The summed E-state index contributed by atoms with van der Waals surface area (Å²) in [5, 5.41) is 6.22. The van der Waals surface area contributed by atoms with E-state index in [1.807, 2.05) is 0 Å². The van der Waals surface area contributed by atoms with E-state index in [4.69, 9.17) is 0 Å². The molecule has 0 aromatic carbocycles. The molecule has 2 nitrogen and oxygen atoms in total. The molecular weight excluding hydrogens is 174 g/mol. The first kappa shape index (κ1) is 10.9. The first-order valence-electron chi connectivity index (χ1n) is 4.86. The Morgan fingerprint density at radius 1 is 1.46 bits per heavy atom. The molecule has 0 aromatic heterocycles. The van der Waals surface area contributed by atoms with Gasteiger partial charge in [0.05, 0.1) is 6.04 Å². The zero-order valence-electron chi connectivity index (χ0n) is 8.19. The minimum Gasteiger partial charge on any atom is -0.316 e. The lowest BCUT2D eigenvalue weighted by Crippen LogP contribution is -2.50. The molecule has 0 radical (unpaired) electrons. The minimum absolute atomic E-state index is 0.241. The molecule has 0 amide bonds. The van der Waals surface area contributed by atoms with Crippen LogP contribution >= 0.6 is 0 Å². The van der Waals surface area contributed by atoms with Gasteiger partial charge in [-0.1, -0.05) is 6.92 Å². The van der Waals surface area contributed by atoms with Crippen molar-refractivity contribution in [2.45, 2.75) is 38.8 Å². The lowest BCUT2D eigenvalue weighted by atomic mass is 9.95. The molecule has 1 fully saturated rings. The first-order chi connectivity index (χ1) is 6.11. The molecule has 0 bridgehead atoms. The first-order valence-corrected chi connectivity index (χ1v) is 4.86. The van der Waals surface area contributed by atoms with Crippen molar-refractivity contribution in [1.82, 2.24) is 10.6 Å². The summed E-state index contributed by atoms with van der Waals surface area (Å²) in [5.74, 6) is 0.440. The summed E-state index contributed by atoms with van der Waals surface area (Å²) in [6.45, 7) is 5.48. The molecule has 3 unspecified atom stereocenters. The predicted molar refractivity (Wildman–Crippen MR) is 49.0 cm³/mol. The quantitative estimate of drug-likeness (QED) is 0.702. The molecule has 1 saturated heterocycles. The molecule has 0 saturated carbocycles. The molecule has 1 aliphatic rings. The van der Waals surface area contributed by atoms with E-state index in [-0.39, 0.29) is 6.04 Å². The highest BCUT2D eigenvalue weighted by Crippen LogP contribution is 2.12. The van der Waals surface area contributed by atoms with Crippen LogP contribution in [0.5, 0.6) is 0 Å². The Balaban J connectivity index is 2.33. The molecule has 0 spiro atoms. The van der Waals surface area contributed by atoms with Crippen LogP contribution in [0.3, 0.4) is 0 Å². The van der Waals surface area contributed by atoms with Crippen molar-refractivity contribution in [3.63, 3.8) is 0 Å². The van der Waals surface area contributed by atoms with Crippen LogP contribution in [0.4, 0.5) is 8.78 Å². The molecule has 0 aliphatic carbocycles. The zero-order valence-corrected chi connectivity index (χ0v) is 8.19. The van der Waals surface area contributed by atoms with Gasteiger partial charge in [0.25, 0.3) is 6.43 Å². The van der Waals surface area contributed by atoms with Crippen molar-refractivity contribution in [2.75, 3.05) is 13.1 Å². The second-order valence-corrected chi connectivity index (χ2v) is 3.87. The fourth-order valence-electron chi connectivity index (χ4n) is 1.67. The number of halogens is 2. The van der Waals surface area contributed by atoms with E-state index in [1.54, 1.807) is 6.92 Å². The van der Waals surface area contributed by atoms with Crippen LogP contribution < -0.4 is 10.6 Å². The smallest absolute Gasteiger partial charge is 0.253 e. The highest BCUT2D eigenvalue weighted by atomic mass is 19.3. The van der Waals surface area contributed by atoms with Crippen molar-refractivity contribution >= 4 is 0 Å². The van der Waals surface area contributed by atoms with Crippen molar-refractivity contribution in [3.8, 4) is 0 Å². The van der Waals surface area contributed by atoms with Gasteiger partial charge in [-0.3, -0.25) is 0 Å². The molecule has 13 heavy (non-hydrogen) atoms. The van der Waals surface area contributed by atoms with Gasteiger partial charge in [0.15, 0.2) is 0 Å². The molecule has 3 atom stereocenters. The van der Waals surface area contributed by atoms with Crippen LogP contribution in [0.2, 0.25) is 0 Å². The van der Waals surface area contributed by atoms with E-state index < -0.39 is 12.5 Å². The Bertz CT molecular complexity index is 153. The van der Waals surface area contributed by atoms with Crippen molar-refractivity contribution in [2.24, 2.45) is 5.92 Å². The molecule has 0 aromatic rings. The molecule has 1 heterocycles. The third-order valence-corrected chi connectivity index (χ3v) is 2.64. The molecule has 2 N–H and O–H groups in total. The van der Waals surface area contributed by atoms with Gasteiger partial charge in [0.1, 0.15) is 0 Å². The number of hydrogen-bond donors (Lipinski definition) is 2. The summed E-state index contributed by atoms with van der Waals surface area (Å²) in [4.78, 5) is 0. The minimum atomic E-state index is -2.26. The standard InChI is InChI=1S/C9H18F2N2/c1-6-5-12-4-3-8(6)13-7(2)9(10)11/h6-9,12-13H,3-5H2,1-2H3. The lowest BCUT2D eigenvalue weighted by Gasteiger charge is -2.32. The van der Waals surface area contributed by atoms with Crippen LogP contribution in [0.15, 0.2) is 0 Å². The molecule has 78 valence electrons. The third kappa shape index (κ3) is 3.19. The normalized spacial score (nSPS) is 32.1. The van der Waals surface area contributed by atoms with Gasteiger partial charge in [0.2, 0.25) is 0 Å². The second-order valence-electron chi connectivity index (χ2n) is 3.87. The summed E-state index contributed by atoms with van der Waals surface area (Å²) in [7, 11) is 0. The topological polar surface area (TPSA) is 24.1 Å². The number of hydrogen-bond acceptors (Lipinski definition) is 2. The number of piperidine rings is 1. The zero-order chi connectivity index (χ0) is 9.84. The number of nitrogens with one attached hydrogen (secondary N) is 2. The fraction of sp³-hybridized carbons (Fsp3) is 1.00. The molecule has 1 aliphatic heterocycles. The van der Waals surface area contributed by atoms with E-state index in [0.29, 0.717) is 5.92 Å². The van der Waals surface area contributed by atoms with Gasteiger partial charge in [-0.15, -0.1) is 0 Å². The Kier molecular flexibility index (Phi) is 4.06. The number of alkyl halides is 2. The van der Waals surface area contributed by atoms with Crippen molar-refractivity contribution < 1.29 is 8.78 Å². The largest absolute Gasteiger partial charge is 0.316 e. The Morgan fingerprint density at radius 2 is 2.15 bits per heavy atom. The highest BCUT2D eigenvalue weighted by Gasteiger charge is 2.25. The van der Waals surface area contributed by atoms with Crippen LogP contribution in [0.25, 0.3) is 0 Å². The average molecular weight is 192 g/mol. The van der Waals surface area contributed by atoms with E-state index in [2.05, 4.69) is 17.6 Å². The van der Waals surface area contributed by atoms with Gasteiger partial charge in [-0.2, -0.15) is 0 Å². The van der Waals surface area contributed by atoms with Crippen LogP contribution in [-0.4, -0.2) is 31.6 Å².